The second-order valence-corrected chi connectivity index (χ2v) is 5.08. The third-order valence-electron chi connectivity index (χ3n) is 3.47. The van der Waals surface area contributed by atoms with Gasteiger partial charge >= 0.3 is 0 Å². The van der Waals surface area contributed by atoms with Crippen molar-refractivity contribution in [2.75, 3.05) is 18.4 Å². The van der Waals surface area contributed by atoms with Gasteiger partial charge in [0, 0.05) is 18.3 Å². The van der Waals surface area contributed by atoms with Crippen LogP contribution >= 0.6 is 0 Å². The van der Waals surface area contributed by atoms with E-state index in [0.29, 0.717) is 12.6 Å². The van der Waals surface area contributed by atoms with Crippen molar-refractivity contribution in [1.29, 1.82) is 0 Å². The van der Waals surface area contributed by atoms with E-state index in [9.17, 15) is 4.79 Å². The van der Waals surface area contributed by atoms with Crippen LogP contribution in [-0.4, -0.2) is 29.9 Å². The normalized spacial score (nSPS) is 14.4. The third kappa shape index (κ3) is 3.03. The van der Waals surface area contributed by atoms with Crippen molar-refractivity contribution in [2.24, 2.45) is 0 Å². The van der Waals surface area contributed by atoms with Crippen LogP contribution in [0.3, 0.4) is 0 Å². The number of anilines is 1. The van der Waals surface area contributed by atoms with E-state index < -0.39 is 0 Å². The Morgan fingerprint density at radius 2 is 2.11 bits per heavy atom. The van der Waals surface area contributed by atoms with Gasteiger partial charge in [-0.25, -0.2) is 0 Å². The second-order valence-electron chi connectivity index (χ2n) is 5.08. The Hall–Kier alpha value is -1.51. The molecule has 0 radical (unpaired) electrons. The summed E-state index contributed by atoms with van der Waals surface area (Å²) in [6, 6.07) is 6.77. The molecule has 0 atom stereocenters. The van der Waals surface area contributed by atoms with Crippen LogP contribution < -0.4 is 5.32 Å². The molecule has 1 amide bonds. The molecule has 0 saturated heterocycles. The first-order valence-corrected chi connectivity index (χ1v) is 6.72. The van der Waals surface area contributed by atoms with Gasteiger partial charge in [0.2, 0.25) is 5.91 Å². The summed E-state index contributed by atoms with van der Waals surface area (Å²) in [4.78, 5) is 14.1. The summed E-state index contributed by atoms with van der Waals surface area (Å²) in [6.07, 6.45) is 2.34. The number of amides is 1. The van der Waals surface area contributed by atoms with Crippen LogP contribution in [0.2, 0.25) is 0 Å². The van der Waals surface area contributed by atoms with Crippen molar-refractivity contribution >= 4 is 11.6 Å². The Labute approximate surface area is 109 Å². The summed E-state index contributed by atoms with van der Waals surface area (Å²) in [5, 5.41) is 3.26. The smallest absolute Gasteiger partial charge is 0.242 e. The Morgan fingerprint density at radius 3 is 2.72 bits per heavy atom. The molecule has 0 heterocycles. The molecule has 1 saturated carbocycles. The van der Waals surface area contributed by atoms with E-state index in [1.807, 2.05) is 11.8 Å². The van der Waals surface area contributed by atoms with Gasteiger partial charge in [0.15, 0.2) is 0 Å². The van der Waals surface area contributed by atoms with Crippen molar-refractivity contribution in [3.8, 4) is 0 Å². The molecule has 0 aromatic heterocycles. The van der Waals surface area contributed by atoms with Gasteiger partial charge in [-0.15, -0.1) is 0 Å². The molecular formula is C15H22N2O. The Morgan fingerprint density at radius 1 is 1.39 bits per heavy atom. The second kappa shape index (κ2) is 5.42. The van der Waals surface area contributed by atoms with E-state index in [4.69, 9.17) is 0 Å². The van der Waals surface area contributed by atoms with Gasteiger partial charge in [0.25, 0.3) is 0 Å². The highest BCUT2D eigenvalue weighted by atomic mass is 16.2. The van der Waals surface area contributed by atoms with E-state index >= 15 is 0 Å². The molecule has 18 heavy (non-hydrogen) atoms. The van der Waals surface area contributed by atoms with Crippen molar-refractivity contribution in [2.45, 2.75) is 39.7 Å². The predicted octanol–water partition coefficient (Wildman–Crippen LogP) is 2.73. The van der Waals surface area contributed by atoms with Crippen LogP contribution in [-0.2, 0) is 4.79 Å². The number of likely N-dealkylation sites (N-methyl/N-ethyl adjacent to an activating group) is 1. The highest BCUT2D eigenvalue weighted by Crippen LogP contribution is 2.26. The van der Waals surface area contributed by atoms with E-state index in [1.54, 1.807) is 0 Å². The molecule has 0 unspecified atom stereocenters. The summed E-state index contributed by atoms with van der Waals surface area (Å²) < 4.78 is 0. The van der Waals surface area contributed by atoms with Gasteiger partial charge < -0.3 is 10.2 Å². The Bertz CT molecular complexity index is 438. The average Bonchev–Trinajstić information content (AvgIpc) is 3.16. The maximum atomic E-state index is 12.1. The van der Waals surface area contributed by atoms with Crippen LogP contribution in [0, 0.1) is 13.8 Å². The van der Waals surface area contributed by atoms with Crippen molar-refractivity contribution in [3.63, 3.8) is 0 Å². The zero-order valence-corrected chi connectivity index (χ0v) is 11.5. The molecule has 0 aliphatic heterocycles. The standard InChI is InChI=1S/C15H22N2O/c1-4-17(13-7-8-13)15(18)10-16-14-9-11(2)5-6-12(14)3/h5-6,9,13,16H,4,7-8,10H2,1-3H3. The zero-order chi connectivity index (χ0) is 13.1. The maximum absolute atomic E-state index is 12.1. The largest absolute Gasteiger partial charge is 0.376 e. The minimum Gasteiger partial charge on any atom is -0.376 e. The summed E-state index contributed by atoms with van der Waals surface area (Å²) >= 11 is 0. The molecule has 3 nitrogen and oxygen atoms in total. The van der Waals surface area contributed by atoms with Gasteiger partial charge in [0.1, 0.15) is 0 Å². The Kier molecular flexibility index (Phi) is 3.90. The molecule has 98 valence electrons. The van der Waals surface area contributed by atoms with Crippen LogP contribution in [0.5, 0.6) is 0 Å². The number of rotatable bonds is 5. The number of hydrogen-bond donors (Lipinski definition) is 1. The predicted molar refractivity (Wildman–Crippen MR) is 74.8 cm³/mol. The van der Waals surface area contributed by atoms with Crippen molar-refractivity contribution in [1.82, 2.24) is 4.90 Å². The molecule has 0 bridgehead atoms. The quantitative estimate of drug-likeness (QED) is 0.866. The van der Waals surface area contributed by atoms with Gasteiger partial charge in [-0.3, -0.25) is 4.79 Å². The maximum Gasteiger partial charge on any atom is 0.242 e. The number of nitrogens with zero attached hydrogens (tertiary/aromatic N) is 1. The average molecular weight is 246 g/mol. The van der Waals surface area contributed by atoms with Crippen LogP contribution in [0.4, 0.5) is 5.69 Å². The van der Waals surface area contributed by atoms with Crippen LogP contribution in [0.25, 0.3) is 0 Å². The van der Waals surface area contributed by atoms with Gasteiger partial charge in [-0.1, -0.05) is 12.1 Å². The molecule has 1 aliphatic rings. The lowest BCUT2D eigenvalue weighted by Crippen LogP contribution is -2.37. The number of carbonyl (C=O) groups excluding carboxylic acids is 1. The lowest BCUT2D eigenvalue weighted by atomic mass is 10.1. The lowest BCUT2D eigenvalue weighted by Gasteiger charge is -2.21. The van der Waals surface area contributed by atoms with Crippen LogP contribution in [0.1, 0.15) is 30.9 Å². The highest BCUT2D eigenvalue weighted by Gasteiger charge is 2.30. The molecule has 1 aromatic rings. The van der Waals surface area contributed by atoms with Gasteiger partial charge in [-0.2, -0.15) is 0 Å². The first-order chi connectivity index (χ1) is 8.61. The topological polar surface area (TPSA) is 32.3 Å². The Balaban J connectivity index is 1.94. The molecule has 1 fully saturated rings. The fraction of sp³-hybridized carbons (Fsp3) is 0.533. The summed E-state index contributed by atoms with van der Waals surface area (Å²) in [5.74, 6) is 0.209. The number of benzene rings is 1. The number of nitrogens with one attached hydrogen (secondary N) is 1. The van der Waals surface area contributed by atoms with Crippen molar-refractivity contribution in [3.05, 3.63) is 29.3 Å². The minimum atomic E-state index is 0.209. The fourth-order valence-electron chi connectivity index (χ4n) is 2.22. The fourth-order valence-corrected chi connectivity index (χ4v) is 2.22. The first kappa shape index (κ1) is 12.9. The van der Waals surface area contributed by atoms with Crippen molar-refractivity contribution < 1.29 is 4.79 Å². The monoisotopic (exact) mass is 246 g/mol. The number of hydrogen-bond acceptors (Lipinski definition) is 2. The van der Waals surface area contributed by atoms with Gasteiger partial charge in [-0.05, 0) is 50.8 Å². The molecule has 3 heteroatoms. The number of aryl methyl sites for hydroxylation is 2. The molecule has 0 spiro atoms. The van der Waals surface area contributed by atoms with E-state index in [2.05, 4.69) is 37.4 Å². The molecular weight excluding hydrogens is 224 g/mol. The summed E-state index contributed by atoms with van der Waals surface area (Å²) in [5.41, 5.74) is 3.46. The number of carbonyl (C=O) groups is 1. The highest BCUT2D eigenvalue weighted by molar-refractivity contribution is 5.81. The summed E-state index contributed by atoms with van der Waals surface area (Å²) in [7, 11) is 0. The molecule has 1 aromatic carbocycles. The lowest BCUT2D eigenvalue weighted by molar-refractivity contribution is -0.129. The third-order valence-corrected chi connectivity index (χ3v) is 3.47. The minimum absolute atomic E-state index is 0.209. The SMILES string of the molecule is CCN(C(=O)CNc1cc(C)ccc1C)C1CC1. The zero-order valence-electron chi connectivity index (χ0n) is 11.5. The molecule has 1 N–H and O–H groups in total. The summed E-state index contributed by atoms with van der Waals surface area (Å²) in [6.45, 7) is 7.39. The van der Waals surface area contributed by atoms with E-state index in [-0.39, 0.29) is 5.91 Å². The molecule has 1 aliphatic carbocycles. The van der Waals surface area contributed by atoms with E-state index in [0.717, 1.165) is 12.2 Å². The van der Waals surface area contributed by atoms with Gasteiger partial charge in [0.05, 0.1) is 6.54 Å². The van der Waals surface area contributed by atoms with Crippen LogP contribution in [0.15, 0.2) is 18.2 Å². The first-order valence-electron chi connectivity index (χ1n) is 6.72. The van der Waals surface area contributed by atoms with E-state index in [1.165, 1.54) is 24.0 Å². The molecule has 2 rings (SSSR count).